The van der Waals surface area contributed by atoms with Crippen LogP contribution in [0.5, 0.6) is 5.75 Å². The van der Waals surface area contributed by atoms with E-state index in [1.165, 1.54) is 5.56 Å². The van der Waals surface area contributed by atoms with Crippen LogP contribution in [0.15, 0.2) is 24.3 Å². The summed E-state index contributed by atoms with van der Waals surface area (Å²) in [5.41, 5.74) is 7.02. The monoisotopic (exact) mass is 222 g/mol. The highest BCUT2D eigenvalue weighted by Crippen LogP contribution is 2.15. The molecule has 0 spiro atoms. The predicted molar refractivity (Wildman–Crippen MR) is 67.8 cm³/mol. The van der Waals surface area contributed by atoms with Crippen molar-refractivity contribution >= 4 is 0 Å². The Kier molecular flexibility index (Phi) is 5.29. The molecular formula is C13H22N2O. The van der Waals surface area contributed by atoms with E-state index in [0.29, 0.717) is 19.2 Å². The lowest BCUT2D eigenvalue weighted by Gasteiger charge is -2.22. The molecule has 2 N–H and O–H groups in total. The Hall–Kier alpha value is -1.06. The summed E-state index contributed by atoms with van der Waals surface area (Å²) in [6.45, 7) is 3.37. The summed E-state index contributed by atoms with van der Waals surface area (Å²) in [6, 6.07) is 8.62. The first-order chi connectivity index (χ1) is 7.67. The molecule has 1 rings (SSSR count). The minimum absolute atomic E-state index is 0.386. The Balaban J connectivity index is 2.68. The maximum absolute atomic E-state index is 5.75. The van der Waals surface area contributed by atoms with Gasteiger partial charge in [0, 0.05) is 12.6 Å². The van der Waals surface area contributed by atoms with Crippen molar-refractivity contribution < 1.29 is 4.74 Å². The summed E-state index contributed by atoms with van der Waals surface area (Å²) in [5, 5.41) is 0. The summed E-state index contributed by atoms with van der Waals surface area (Å²) in [4.78, 5) is 2.16. The van der Waals surface area contributed by atoms with Crippen LogP contribution in [-0.2, 0) is 6.42 Å². The molecule has 1 aromatic rings. The van der Waals surface area contributed by atoms with Crippen LogP contribution >= 0.6 is 0 Å². The van der Waals surface area contributed by atoms with Gasteiger partial charge in [-0.1, -0.05) is 12.1 Å². The zero-order chi connectivity index (χ0) is 12.0. The van der Waals surface area contributed by atoms with Gasteiger partial charge in [-0.15, -0.1) is 0 Å². The fourth-order valence-electron chi connectivity index (χ4n) is 1.68. The Labute approximate surface area is 98.2 Å². The number of hydrogen-bond acceptors (Lipinski definition) is 3. The molecule has 3 nitrogen and oxygen atoms in total. The van der Waals surface area contributed by atoms with Crippen LogP contribution in [0.25, 0.3) is 0 Å². The van der Waals surface area contributed by atoms with Crippen molar-refractivity contribution in [1.82, 2.24) is 4.90 Å². The highest BCUT2D eigenvalue weighted by molar-refractivity contribution is 5.29. The van der Waals surface area contributed by atoms with E-state index in [1.807, 2.05) is 19.1 Å². The quantitative estimate of drug-likeness (QED) is 0.793. The molecule has 0 aromatic heterocycles. The highest BCUT2D eigenvalue weighted by Gasteiger charge is 2.10. The second-order valence-electron chi connectivity index (χ2n) is 4.14. The minimum atomic E-state index is 0.386. The summed E-state index contributed by atoms with van der Waals surface area (Å²) >= 11 is 0. The van der Waals surface area contributed by atoms with Gasteiger partial charge in [0.15, 0.2) is 0 Å². The van der Waals surface area contributed by atoms with E-state index in [-0.39, 0.29) is 0 Å². The van der Waals surface area contributed by atoms with Gasteiger partial charge in [-0.3, -0.25) is 0 Å². The van der Waals surface area contributed by atoms with E-state index in [1.54, 1.807) is 0 Å². The third-order valence-electron chi connectivity index (χ3n) is 2.68. The van der Waals surface area contributed by atoms with Crippen molar-refractivity contribution in [2.24, 2.45) is 5.73 Å². The molecule has 0 aliphatic rings. The van der Waals surface area contributed by atoms with E-state index in [9.17, 15) is 0 Å². The predicted octanol–water partition coefficient (Wildman–Crippen LogP) is 1.52. The van der Waals surface area contributed by atoms with Gasteiger partial charge in [0.2, 0.25) is 0 Å². The number of nitrogens with zero attached hydrogens (tertiary/aromatic N) is 1. The third-order valence-corrected chi connectivity index (χ3v) is 2.68. The van der Waals surface area contributed by atoms with Crippen molar-refractivity contribution in [3.63, 3.8) is 0 Å². The average Bonchev–Trinajstić information content (AvgIpc) is 2.26. The number of benzene rings is 1. The van der Waals surface area contributed by atoms with Crippen molar-refractivity contribution in [3.8, 4) is 5.75 Å². The van der Waals surface area contributed by atoms with E-state index in [4.69, 9.17) is 10.5 Å². The Morgan fingerprint density at radius 2 is 2.12 bits per heavy atom. The van der Waals surface area contributed by atoms with Gasteiger partial charge in [-0.05, 0) is 45.1 Å². The largest absolute Gasteiger partial charge is 0.494 e. The van der Waals surface area contributed by atoms with Gasteiger partial charge < -0.3 is 15.4 Å². The normalized spacial score (nSPS) is 12.8. The molecule has 1 atom stereocenters. The summed E-state index contributed by atoms with van der Waals surface area (Å²) in [7, 11) is 4.12. The standard InChI is InChI=1S/C13H22N2O/c1-4-16-13-7-5-6-11(9-13)8-12(10-14)15(2)3/h5-7,9,12H,4,8,10,14H2,1-3H3. The van der Waals surface area contributed by atoms with Crippen molar-refractivity contribution in [3.05, 3.63) is 29.8 Å². The molecule has 0 amide bonds. The molecular weight excluding hydrogens is 200 g/mol. The van der Waals surface area contributed by atoms with Gasteiger partial charge >= 0.3 is 0 Å². The zero-order valence-electron chi connectivity index (χ0n) is 10.4. The van der Waals surface area contributed by atoms with Gasteiger partial charge in [-0.25, -0.2) is 0 Å². The molecule has 16 heavy (non-hydrogen) atoms. The molecule has 0 aliphatic carbocycles. The number of likely N-dealkylation sites (N-methyl/N-ethyl adjacent to an activating group) is 1. The number of ether oxygens (including phenoxy) is 1. The maximum Gasteiger partial charge on any atom is 0.119 e. The van der Waals surface area contributed by atoms with E-state index >= 15 is 0 Å². The van der Waals surface area contributed by atoms with Crippen molar-refractivity contribution in [2.75, 3.05) is 27.2 Å². The van der Waals surface area contributed by atoms with Crippen molar-refractivity contribution in [1.29, 1.82) is 0 Å². The highest BCUT2D eigenvalue weighted by atomic mass is 16.5. The molecule has 3 heteroatoms. The fourth-order valence-corrected chi connectivity index (χ4v) is 1.68. The molecule has 0 bridgehead atoms. The zero-order valence-corrected chi connectivity index (χ0v) is 10.4. The summed E-state index contributed by atoms with van der Waals surface area (Å²) < 4.78 is 5.48. The van der Waals surface area contributed by atoms with Gasteiger partial charge in [0.25, 0.3) is 0 Å². The second-order valence-corrected chi connectivity index (χ2v) is 4.14. The van der Waals surface area contributed by atoms with E-state index < -0.39 is 0 Å². The van der Waals surface area contributed by atoms with Crippen LogP contribution < -0.4 is 10.5 Å². The third kappa shape index (κ3) is 3.83. The van der Waals surface area contributed by atoms with Crippen LogP contribution in [0, 0.1) is 0 Å². The first kappa shape index (κ1) is 13.0. The van der Waals surface area contributed by atoms with E-state index in [2.05, 4.69) is 31.1 Å². The van der Waals surface area contributed by atoms with Gasteiger partial charge in [-0.2, -0.15) is 0 Å². The smallest absolute Gasteiger partial charge is 0.119 e. The molecule has 0 aliphatic heterocycles. The first-order valence-electron chi connectivity index (χ1n) is 5.75. The Bertz CT molecular complexity index is 313. The summed E-state index contributed by atoms with van der Waals surface area (Å²) in [6.07, 6.45) is 0.963. The molecule has 0 heterocycles. The van der Waals surface area contributed by atoms with Crippen LogP contribution in [0.3, 0.4) is 0 Å². The topological polar surface area (TPSA) is 38.5 Å². The van der Waals surface area contributed by atoms with Gasteiger partial charge in [0.1, 0.15) is 5.75 Å². The Morgan fingerprint density at radius 3 is 2.69 bits per heavy atom. The van der Waals surface area contributed by atoms with Crippen LogP contribution in [-0.4, -0.2) is 38.2 Å². The SMILES string of the molecule is CCOc1cccc(CC(CN)N(C)C)c1. The molecule has 1 aromatic carbocycles. The van der Waals surface area contributed by atoms with Crippen LogP contribution in [0.2, 0.25) is 0 Å². The Morgan fingerprint density at radius 1 is 1.38 bits per heavy atom. The fraction of sp³-hybridized carbons (Fsp3) is 0.538. The number of rotatable bonds is 6. The first-order valence-corrected chi connectivity index (χ1v) is 5.75. The van der Waals surface area contributed by atoms with Crippen LogP contribution in [0.1, 0.15) is 12.5 Å². The number of hydrogen-bond donors (Lipinski definition) is 1. The molecule has 1 unspecified atom stereocenters. The molecule has 0 fully saturated rings. The lowest BCUT2D eigenvalue weighted by molar-refractivity contribution is 0.297. The lowest BCUT2D eigenvalue weighted by atomic mass is 10.1. The molecule has 90 valence electrons. The molecule has 0 radical (unpaired) electrons. The summed E-state index contributed by atoms with van der Waals surface area (Å²) in [5.74, 6) is 0.939. The van der Waals surface area contributed by atoms with E-state index in [0.717, 1.165) is 12.2 Å². The molecule has 0 saturated heterocycles. The minimum Gasteiger partial charge on any atom is -0.494 e. The molecule has 0 saturated carbocycles. The maximum atomic E-state index is 5.75. The lowest BCUT2D eigenvalue weighted by Crippen LogP contribution is -2.36. The van der Waals surface area contributed by atoms with Gasteiger partial charge in [0.05, 0.1) is 6.61 Å². The van der Waals surface area contributed by atoms with Crippen LogP contribution in [0.4, 0.5) is 0 Å². The second kappa shape index (κ2) is 6.51. The van der Waals surface area contributed by atoms with Crippen molar-refractivity contribution in [2.45, 2.75) is 19.4 Å². The average molecular weight is 222 g/mol. The number of nitrogens with two attached hydrogens (primary N) is 1.